The molecule has 1 atom stereocenters. The topological polar surface area (TPSA) is 0 Å². The molecule has 0 aromatic heterocycles. The molecule has 0 spiro atoms. The van der Waals surface area contributed by atoms with Crippen molar-refractivity contribution in [3.8, 4) is 108 Å². The van der Waals surface area contributed by atoms with Gasteiger partial charge in [0.05, 0.1) is 0 Å². The Bertz CT molecular complexity index is 1070. The summed E-state index contributed by atoms with van der Waals surface area (Å²) in [6.07, 6.45) is 31.7. The molecule has 0 nitrogen and oxygen atoms in total. The summed E-state index contributed by atoms with van der Waals surface area (Å²) >= 11 is 0. The van der Waals surface area contributed by atoms with Crippen LogP contribution in [0, 0.1) is 119 Å². The Morgan fingerprint density at radius 3 is 0.897 bits per heavy atom. The van der Waals surface area contributed by atoms with Gasteiger partial charge in [0.15, 0.2) is 0 Å². The molecule has 0 saturated heterocycles. The molecule has 0 N–H and O–H groups in total. The van der Waals surface area contributed by atoms with Crippen molar-refractivity contribution in [2.24, 2.45) is 11.8 Å². The monoisotopic (exact) mass is 514 g/mol. The van der Waals surface area contributed by atoms with Crippen LogP contribution in [-0.4, -0.2) is 0 Å². The average molecular weight is 515 g/mol. The van der Waals surface area contributed by atoms with E-state index in [9.17, 15) is 0 Å². The SMILES string of the molecule is C#CC#CC#CC#CC#CC#CC#CC#CC#C.CCCCCCCCCCCCCCCCC(C)C(C)C. The highest BCUT2D eigenvalue weighted by Crippen LogP contribution is 2.19. The van der Waals surface area contributed by atoms with Gasteiger partial charge in [-0.1, -0.05) is 124 Å². The van der Waals surface area contributed by atoms with Crippen LogP contribution in [0.2, 0.25) is 0 Å². The first-order valence-corrected chi connectivity index (χ1v) is 14.5. The van der Waals surface area contributed by atoms with E-state index in [1.165, 1.54) is 96.3 Å². The molecule has 0 aromatic carbocycles. The van der Waals surface area contributed by atoms with Crippen LogP contribution in [0.1, 0.15) is 124 Å². The fourth-order valence-electron chi connectivity index (χ4n) is 3.44. The van der Waals surface area contributed by atoms with Gasteiger partial charge in [0, 0.05) is 0 Å². The van der Waals surface area contributed by atoms with Crippen LogP contribution in [0.25, 0.3) is 0 Å². The minimum absolute atomic E-state index is 0.868. The molecule has 0 amide bonds. The molecule has 0 heterocycles. The van der Waals surface area contributed by atoms with Gasteiger partial charge >= 0.3 is 0 Å². The molecule has 0 heteroatoms. The zero-order chi connectivity index (χ0) is 29.1. The van der Waals surface area contributed by atoms with Crippen LogP contribution in [0.15, 0.2) is 0 Å². The lowest BCUT2D eigenvalue weighted by atomic mass is 9.92. The molecule has 0 rings (SSSR count). The van der Waals surface area contributed by atoms with Crippen LogP contribution in [-0.2, 0) is 0 Å². The van der Waals surface area contributed by atoms with Crippen LogP contribution in [0.5, 0.6) is 0 Å². The van der Waals surface area contributed by atoms with Gasteiger partial charge in [-0.3, -0.25) is 0 Å². The molecule has 202 valence electrons. The first-order valence-electron chi connectivity index (χ1n) is 14.5. The first-order chi connectivity index (χ1) is 19.1. The van der Waals surface area contributed by atoms with Gasteiger partial charge in [-0.2, -0.15) is 0 Å². The molecule has 0 fully saturated rings. The van der Waals surface area contributed by atoms with Gasteiger partial charge < -0.3 is 0 Å². The van der Waals surface area contributed by atoms with E-state index in [4.69, 9.17) is 12.8 Å². The Kier molecular flexibility index (Phi) is 32.5. The third kappa shape index (κ3) is 36.3. The fourth-order valence-corrected chi connectivity index (χ4v) is 3.44. The minimum Gasteiger partial charge on any atom is -0.106 e. The molecule has 0 radical (unpaired) electrons. The first kappa shape index (κ1) is 37.2. The van der Waals surface area contributed by atoms with E-state index >= 15 is 0 Å². The Hall–Kier alpha value is -3.96. The number of unbranched alkanes of at least 4 members (excludes halogenated alkanes) is 13. The summed E-state index contributed by atoms with van der Waals surface area (Å²) in [6.45, 7) is 9.42. The third-order valence-electron chi connectivity index (χ3n) is 6.11. The van der Waals surface area contributed by atoms with Crippen molar-refractivity contribution in [1.29, 1.82) is 0 Å². The van der Waals surface area contributed by atoms with Crippen molar-refractivity contribution in [1.82, 2.24) is 0 Å². The minimum atomic E-state index is 0.868. The summed E-state index contributed by atoms with van der Waals surface area (Å²) in [6, 6.07) is 0. The third-order valence-corrected chi connectivity index (χ3v) is 6.11. The van der Waals surface area contributed by atoms with Crippen molar-refractivity contribution in [2.45, 2.75) is 124 Å². The molecular weight excluding hydrogens is 468 g/mol. The second kappa shape index (κ2) is 34.0. The summed E-state index contributed by atoms with van der Waals surface area (Å²) < 4.78 is 0. The molecule has 0 aliphatic carbocycles. The lowest BCUT2D eigenvalue weighted by Crippen LogP contribution is -2.03. The molecule has 0 aliphatic heterocycles. The van der Waals surface area contributed by atoms with Gasteiger partial charge in [0.1, 0.15) is 0 Å². The standard InChI is InChI=1S/C21H44.C18H2/c1-5-6-7-8-9-10-11-12-13-14-15-16-17-18-19-21(4)20(2)3;1-3-5-7-9-11-13-15-17-18-16-14-12-10-8-6-4-2/h20-21H,5-19H2,1-4H3;1-2H. The van der Waals surface area contributed by atoms with Crippen molar-refractivity contribution in [3.63, 3.8) is 0 Å². The second-order valence-electron chi connectivity index (χ2n) is 9.64. The van der Waals surface area contributed by atoms with Crippen LogP contribution < -0.4 is 0 Å². The van der Waals surface area contributed by atoms with E-state index in [1.54, 1.807) is 0 Å². The van der Waals surface area contributed by atoms with E-state index < -0.39 is 0 Å². The molecule has 39 heavy (non-hydrogen) atoms. The number of rotatable bonds is 16. The maximum absolute atomic E-state index is 4.88. The Morgan fingerprint density at radius 2 is 0.641 bits per heavy atom. The molecule has 0 aromatic rings. The number of hydrogen-bond donors (Lipinski definition) is 0. The van der Waals surface area contributed by atoms with Crippen molar-refractivity contribution < 1.29 is 0 Å². The highest BCUT2D eigenvalue weighted by atomic mass is 14.1. The summed E-state index contributed by atoms with van der Waals surface area (Å²) in [5.41, 5.74) is 0. The lowest BCUT2D eigenvalue weighted by Gasteiger charge is -2.14. The van der Waals surface area contributed by atoms with Crippen LogP contribution >= 0.6 is 0 Å². The van der Waals surface area contributed by atoms with Gasteiger partial charge in [-0.25, -0.2) is 0 Å². The maximum atomic E-state index is 4.88. The highest BCUT2D eigenvalue weighted by Gasteiger charge is 2.05. The van der Waals surface area contributed by atoms with Gasteiger partial charge in [-0.05, 0) is 107 Å². The molecule has 0 aliphatic rings. The molecule has 1 unspecified atom stereocenters. The van der Waals surface area contributed by atoms with Crippen LogP contribution in [0.3, 0.4) is 0 Å². The quantitative estimate of drug-likeness (QED) is 0.143. The number of terminal acetylenes is 2. The summed E-state index contributed by atoms with van der Waals surface area (Å²) in [5.74, 6) is 40.0. The van der Waals surface area contributed by atoms with E-state index in [2.05, 4.69) is 122 Å². The smallest absolute Gasteiger partial charge is 0.0000000000000000272 e. The van der Waals surface area contributed by atoms with Gasteiger partial charge in [-0.15, -0.1) is 12.8 Å². The molecular formula is C39H46. The number of hydrogen-bond acceptors (Lipinski definition) is 0. The maximum Gasteiger partial charge on any atom is -0.0000000000000000272 e. The lowest BCUT2D eigenvalue weighted by molar-refractivity contribution is 0.374. The zero-order valence-corrected chi connectivity index (χ0v) is 24.9. The fraction of sp³-hybridized carbons (Fsp3) is 0.538. The van der Waals surface area contributed by atoms with Crippen LogP contribution in [0.4, 0.5) is 0 Å². The summed E-state index contributed by atoms with van der Waals surface area (Å²) in [7, 11) is 0. The predicted octanol–water partition coefficient (Wildman–Crippen LogP) is 8.43. The van der Waals surface area contributed by atoms with E-state index in [-0.39, 0.29) is 0 Å². The van der Waals surface area contributed by atoms with E-state index in [0.717, 1.165) is 11.8 Å². The van der Waals surface area contributed by atoms with E-state index in [1.807, 2.05) is 0 Å². The zero-order valence-electron chi connectivity index (χ0n) is 24.9. The highest BCUT2D eigenvalue weighted by molar-refractivity contribution is 5.46. The van der Waals surface area contributed by atoms with Gasteiger partial charge in [0.25, 0.3) is 0 Å². The van der Waals surface area contributed by atoms with Crippen molar-refractivity contribution in [3.05, 3.63) is 0 Å². The normalized spacial score (nSPS) is 8.69. The second-order valence-corrected chi connectivity index (χ2v) is 9.64. The van der Waals surface area contributed by atoms with Crippen molar-refractivity contribution in [2.75, 3.05) is 0 Å². The summed E-state index contributed by atoms with van der Waals surface area (Å²) in [5, 5.41) is 0. The van der Waals surface area contributed by atoms with E-state index in [0.29, 0.717) is 0 Å². The van der Waals surface area contributed by atoms with Crippen molar-refractivity contribution >= 4 is 0 Å². The largest absolute Gasteiger partial charge is 0.106 e. The summed E-state index contributed by atoms with van der Waals surface area (Å²) in [4.78, 5) is 0. The average Bonchev–Trinajstić information content (AvgIpc) is 2.93. The Labute approximate surface area is 243 Å². The Balaban J connectivity index is 0. The van der Waals surface area contributed by atoms with Gasteiger partial charge in [0.2, 0.25) is 0 Å². The molecule has 0 bridgehead atoms. The molecule has 0 saturated carbocycles. The Morgan fingerprint density at radius 1 is 0.385 bits per heavy atom. The predicted molar refractivity (Wildman–Crippen MR) is 171 cm³/mol.